The van der Waals surface area contributed by atoms with Crippen molar-refractivity contribution in [3.8, 4) is 5.75 Å². The van der Waals surface area contributed by atoms with Crippen molar-refractivity contribution in [1.29, 1.82) is 0 Å². The molecular weight excluding hydrogens is 396 g/mol. The molecule has 1 atom stereocenters. The van der Waals surface area contributed by atoms with Crippen molar-refractivity contribution in [3.05, 3.63) is 23.8 Å². The van der Waals surface area contributed by atoms with E-state index in [4.69, 9.17) is 18.6 Å². The van der Waals surface area contributed by atoms with Crippen molar-refractivity contribution in [2.45, 2.75) is 84.5 Å². The molecule has 1 N–H and O–H groups in total. The first-order chi connectivity index (χ1) is 13.2. The van der Waals surface area contributed by atoms with E-state index in [0.717, 1.165) is 36.7 Å². The summed E-state index contributed by atoms with van der Waals surface area (Å²) in [4.78, 5) is 4.76. The highest BCUT2D eigenvalue weighted by atomic mass is 28.4. The van der Waals surface area contributed by atoms with E-state index >= 15 is 0 Å². The second-order valence-electron chi connectivity index (χ2n) is 10.8. The largest absolute Gasteiger partial charge is 0.534 e. The summed E-state index contributed by atoms with van der Waals surface area (Å²) in [5.74, 6) is 1.78. The molecule has 2 rings (SSSR count). The Morgan fingerprint density at radius 1 is 1.03 bits per heavy atom. The molecule has 0 aromatic heterocycles. The van der Waals surface area contributed by atoms with Crippen LogP contribution in [0, 0.1) is 0 Å². The van der Waals surface area contributed by atoms with Gasteiger partial charge in [-0.25, -0.2) is 4.99 Å². The van der Waals surface area contributed by atoms with Gasteiger partial charge in [0.1, 0.15) is 12.4 Å². The Labute approximate surface area is 179 Å². The smallest absolute Gasteiger partial charge is 0.243 e. The Morgan fingerprint density at radius 3 is 2.31 bits per heavy atom. The van der Waals surface area contributed by atoms with Crippen LogP contribution in [0.3, 0.4) is 0 Å². The summed E-state index contributed by atoms with van der Waals surface area (Å²) < 4.78 is 18.8. The molecule has 5 nitrogen and oxygen atoms in total. The Morgan fingerprint density at radius 2 is 1.72 bits per heavy atom. The number of benzene rings is 1. The molecule has 0 spiro atoms. The third-order valence-electron chi connectivity index (χ3n) is 4.17. The molecule has 1 aromatic rings. The van der Waals surface area contributed by atoms with Gasteiger partial charge < -0.3 is 18.9 Å². The Bertz CT molecular complexity index is 716. The monoisotopic (exact) mass is 436 g/mol. The molecule has 7 heteroatoms. The predicted molar refractivity (Wildman–Crippen MR) is 128 cm³/mol. The molecule has 0 aliphatic carbocycles. The summed E-state index contributed by atoms with van der Waals surface area (Å²) in [5.41, 5.74) is 2.19. The van der Waals surface area contributed by atoms with E-state index in [1.54, 1.807) is 0 Å². The lowest BCUT2D eigenvalue weighted by molar-refractivity contribution is 0.114. The predicted octanol–water partition coefficient (Wildman–Crippen LogP) is 5.50. The molecule has 0 bridgehead atoms. The number of hydrogen-bond donors (Lipinski definition) is 1. The molecule has 0 saturated carbocycles. The first-order valence-electron chi connectivity index (χ1n) is 10.7. The van der Waals surface area contributed by atoms with Crippen LogP contribution in [-0.4, -0.2) is 47.3 Å². The minimum absolute atomic E-state index is 0.0228. The van der Waals surface area contributed by atoms with Gasteiger partial charge >= 0.3 is 0 Å². The Balaban J connectivity index is 2.10. The van der Waals surface area contributed by atoms with Gasteiger partial charge in [0.25, 0.3) is 0 Å². The zero-order valence-corrected chi connectivity index (χ0v) is 21.8. The molecular formula is C22H40N2O3Si2. The average Bonchev–Trinajstić information content (AvgIpc) is 2.53. The number of ether oxygens (including phenoxy) is 1. The fraction of sp³-hybridized carbons (Fsp3) is 0.682. The van der Waals surface area contributed by atoms with Crippen LogP contribution in [0.1, 0.15) is 32.8 Å². The van der Waals surface area contributed by atoms with Crippen LogP contribution in [0.2, 0.25) is 39.3 Å². The van der Waals surface area contributed by atoms with Crippen molar-refractivity contribution in [2.24, 2.45) is 4.99 Å². The standard InChI is InChI=1S/C22H40N2O3Si2/c1-22(2,3)23-15-17(26-28(4,5)6)16-25-20-12-10-11-19-18(20)13-14-21(24-19)27-29(7,8)9/h10-12,17,23H,13-16H2,1-9H3. The van der Waals surface area contributed by atoms with Gasteiger partial charge in [-0.1, -0.05) is 6.07 Å². The van der Waals surface area contributed by atoms with E-state index in [0.29, 0.717) is 6.61 Å². The second-order valence-corrected chi connectivity index (χ2v) is 19.7. The Hall–Kier alpha value is -1.16. The van der Waals surface area contributed by atoms with Crippen LogP contribution >= 0.6 is 0 Å². The highest BCUT2D eigenvalue weighted by Crippen LogP contribution is 2.34. The zero-order valence-electron chi connectivity index (χ0n) is 19.8. The summed E-state index contributed by atoms with van der Waals surface area (Å²) in [6.07, 6.45) is 1.75. The molecule has 0 saturated heterocycles. The maximum atomic E-state index is 6.38. The maximum absolute atomic E-state index is 6.38. The fourth-order valence-corrected chi connectivity index (χ4v) is 5.14. The number of nitrogens with one attached hydrogen (secondary N) is 1. The van der Waals surface area contributed by atoms with Gasteiger partial charge in [0.15, 0.2) is 14.2 Å². The zero-order chi connectivity index (χ0) is 21.9. The summed E-state index contributed by atoms with van der Waals surface area (Å²) >= 11 is 0. The number of hydrogen-bond acceptors (Lipinski definition) is 5. The second kappa shape index (κ2) is 9.33. The molecule has 1 aliphatic rings. The van der Waals surface area contributed by atoms with Crippen molar-refractivity contribution in [1.82, 2.24) is 5.32 Å². The minimum Gasteiger partial charge on any atom is -0.534 e. The Kier molecular flexibility index (Phi) is 7.76. The third kappa shape index (κ3) is 9.03. The van der Waals surface area contributed by atoms with Crippen molar-refractivity contribution >= 4 is 28.2 Å². The van der Waals surface area contributed by atoms with Crippen LogP contribution < -0.4 is 10.1 Å². The van der Waals surface area contributed by atoms with Gasteiger partial charge in [-0.2, -0.15) is 0 Å². The van der Waals surface area contributed by atoms with Crippen LogP contribution in [0.4, 0.5) is 5.69 Å². The fourth-order valence-electron chi connectivity index (χ4n) is 3.13. The molecule has 29 heavy (non-hydrogen) atoms. The van der Waals surface area contributed by atoms with Crippen LogP contribution in [0.5, 0.6) is 5.75 Å². The van der Waals surface area contributed by atoms with E-state index in [-0.39, 0.29) is 11.6 Å². The van der Waals surface area contributed by atoms with Gasteiger partial charge in [-0.3, -0.25) is 0 Å². The van der Waals surface area contributed by atoms with Gasteiger partial charge in [-0.05, 0) is 78.6 Å². The topological polar surface area (TPSA) is 52.1 Å². The lowest BCUT2D eigenvalue weighted by Crippen LogP contribution is -2.46. The van der Waals surface area contributed by atoms with E-state index in [1.165, 1.54) is 5.56 Å². The van der Waals surface area contributed by atoms with Gasteiger partial charge in [0.05, 0.1) is 11.8 Å². The lowest BCUT2D eigenvalue weighted by atomic mass is 10.0. The van der Waals surface area contributed by atoms with E-state index in [9.17, 15) is 0 Å². The number of aliphatic imine (C=N–C) groups is 1. The number of nitrogens with zero attached hydrogens (tertiary/aromatic N) is 1. The van der Waals surface area contributed by atoms with Crippen LogP contribution in [-0.2, 0) is 15.3 Å². The normalized spacial score (nSPS) is 16.1. The van der Waals surface area contributed by atoms with Gasteiger partial charge in [0, 0.05) is 24.1 Å². The maximum Gasteiger partial charge on any atom is 0.243 e. The molecule has 1 heterocycles. The molecule has 1 unspecified atom stereocenters. The van der Waals surface area contributed by atoms with Crippen LogP contribution in [0.25, 0.3) is 0 Å². The van der Waals surface area contributed by atoms with E-state index in [2.05, 4.69) is 65.4 Å². The highest BCUT2D eigenvalue weighted by Gasteiger charge is 2.25. The summed E-state index contributed by atoms with van der Waals surface area (Å²) in [6, 6.07) is 6.10. The third-order valence-corrected chi connectivity index (χ3v) is 6.06. The molecule has 1 aliphatic heterocycles. The molecule has 0 radical (unpaired) electrons. The van der Waals surface area contributed by atoms with Crippen molar-refractivity contribution in [3.63, 3.8) is 0 Å². The summed E-state index contributed by atoms with van der Waals surface area (Å²) in [7, 11) is -3.31. The minimum atomic E-state index is -1.67. The highest BCUT2D eigenvalue weighted by molar-refractivity contribution is 6.71. The first kappa shape index (κ1) is 24.1. The van der Waals surface area contributed by atoms with E-state index in [1.807, 2.05) is 18.2 Å². The lowest BCUT2D eigenvalue weighted by Gasteiger charge is -2.30. The van der Waals surface area contributed by atoms with Crippen molar-refractivity contribution in [2.75, 3.05) is 13.2 Å². The number of rotatable bonds is 8. The van der Waals surface area contributed by atoms with Crippen LogP contribution in [0.15, 0.2) is 23.2 Å². The quantitative estimate of drug-likeness (QED) is 0.547. The molecule has 0 amide bonds. The molecule has 1 aromatic carbocycles. The first-order valence-corrected chi connectivity index (χ1v) is 17.5. The summed E-state index contributed by atoms with van der Waals surface area (Å²) in [6.45, 7) is 21.0. The van der Waals surface area contributed by atoms with Crippen molar-refractivity contribution < 1.29 is 13.6 Å². The summed E-state index contributed by atoms with van der Waals surface area (Å²) in [5, 5.41) is 3.55. The molecule has 0 fully saturated rings. The van der Waals surface area contributed by atoms with Gasteiger partial charge in [-0.15, -0.1) is 0 Å². The molecule has 164 valence electrons. The number of fused-ring (bicyclic) bond motifs is 1. The van der Waals surface area contributed by atoms with E-state index < -0.39 is 16.6 Å². The van der Waals surface area contributed by atoms with Gasteiger partial charge in [0.2, 0.25) is 8.32 Å². The average molecular weight is 437 g/mol. The SMILES string of the molecule is CC(C)(C)NCC(COc1cccc2c1CCC(O[Si](C)(C)C)=N2)O[Si](C)(C)C.